The van der Waals surface area contributed by atoms with Gasteiger partial charge in [-0.1, -0.05) is 0 Å². The zero-order valence-corrected chi connectivity index (χ0v) is 6.62. The molecule has 0 aliphatic carbocycles. The van der Waals surface area contributed by atoms with Gasteiger partial charge in [-0.3, -0.25) is 0 Å². The summed E-state index contributed by atoms with van der Waals surface area (Å²) in [6.07, 6.45) is 0. The highest BCUT2D eigenvalue weighted by Crippen LogP contribution is 2.22. The Labute approximate surface area is 73.4 Å². The summed E-state index contributed by atoms with van der Waals surface area (Å²) in [7, 11) is 0. The summed E-state index contributed by atoms with van der Waals surface area (Å²) >= 11 is 0. The summed E-state index contributed by atoms with van der Waals surface area (Å²) in [5.41, 5.74) is 5.05. The molecule has 0 unspecified atom stereocenters. The smallest absolute Gasteiger partial charge is 0.339 e. The van der Waals surface area contributed by atoms with E-state index < -0.39 is 23.1 Å². The lowest BCUT2D eigenvalue weighted by Crippen LogP contribution is -2.03. The fraction of sp³-hybridized carbons (Fsp3) is 0.125. The standard InChI is InChI=1S/C8H8FNO3/c9-6-2-4(3-10)1-5(7(6)11)8(12)13/h1-2,11H,3,10H2,(H,12,13). The number of nitrogens with two attached hydrogens (primary N) is 1. The third kappa shape index (κ3) is 1.75. The number of hydrogen-bond donors (Lipinski definition) is 3. The Kier molecular flexibility index (Phi) is 2.48. The van der Waals surface area contributed by atoms with Crippen molar-refractivity contribution in [2.75, 3.05) is 0 Å². The topological polar surface area (TPSA) is 83.5 Å². The van der Waals surface area contributed by atoms with E-state index in [1.54, 1.807) is 0 Å². The predicted octanol–water partition coefficient (Wildman–Crippen LogP) is 0.688. The molecule has 1 rings (SSSR count). The molecule has 0 bridgehead atoms. The lowest BCUT2D eigenvalue weighted by Gasteiger charge is -2.03. The number of halogens is 1. The van der Waals surface area contributed by atoms with Crippen molar-refractivity contribution in [2.45, 2.75) is 6.54 Å². The monoisotopic (exact) mass is 185 g/mol. The molecule has 0 atom stereocenters. The fourth-order valence-electron chi connectivity index (χ4n) is 0.936. The molecule has 0 saturated heterocycles. The summed E-state index contributed by atoms with van der Waals surface area (Å²) in [4.78, 5) is 10.5. The lowest BCUT2D eigenvalue weighted by atomic mass is 10.1. The molecule has 0 heterocycles. The van der Waals surface area contributed by atoms with Gasteiger partial charge in [0, 0.05) is 6.54 Å². The average Bonchev–Trinajstić information content (AvgIpc) is 2.09. The van der Waals surface area contributed by atoms with Crippen LogP contribution in [-0.4, -0.2) is 16.2 Å². The molecule has 0 saturated carbocycles. The van der Waals surface area contributed by atoms with E-state index in [0.717, 1.165) is 12.1 Å². The largest absolute Gasteiger partial charge is 0.504 e. The second-order valence-electron chi connectivity index (χ2n) is 2.48. The van der Waals surface area contributed by atoms with Crippen molar-refractivity contribution in [2.24, 2.45) is 5.73 Å². The highest BCUT2D eigenvalue weighted by atomic mass is 19.1. The second-order valence-corrected chi connectivity index (χ2v) is 2.48. The number of carboxylic acids is 1. The van der Waals surface area contributed by atoms with Crippen LogP contribution in [-0.2, 0) is 6.54 Å². The number of aromatic hydroxyl groups is 1. The Balaban J connectivity index is 3.33. The Bertz CT molecular complexity index is 351. The van der Waals surface area contributed by atoms with Crippen molar-refractivity contribution in [3.05, 3.63) is 29.1 Å². The normalized spacial score (nSPS) is 10.0. The predicted molar refractivity (Wildman–Crippen MR) is 42.9 cm³/mol. The number of carboxylic acid groups (broad SMARTS) is 1. The van der Waals surface area contributed by atoms with E-state index in [1.165, 1.54) is 0 Å². The number of carbonyl (C=O) groups is 1. The minimum Gasteiger partial charge on any atom is -0.504 e. The van der Waals surface area contributed by atoms with E-state index in [-0.39, 0.29) is 6.54 Å². The van der Waals surface area contributed by atoms with Crippen molar-refractivity contribution in [3.8, 4) is 5.75 Å². The van der Waals surface area contributed by atoms with Gasteiger partial charge < -0.3 is 15.9 Å². The first kappa shape index (κ1) is 9.47. The molecule has 13 heavy (non-hydrogen) atoms. The van der Waals surface area contributed by atoms with Gasteiger partial charge in [0.2, 0.25) is 0 Å². The number of benzene rings is 1. The van der Waals surface area contributed by atoms with E-state index in [1.807, 2.05) is 0 Å². The molecule has 4 nitrogen and oxygen atoms in total. The molecule has 4 N–H and O–H groups in total. The van der Waals surface area contributed by atoms with Crippen LogP contribution in [0.1, 0.15) is 15.9 Å². The van der Waals surface area contributed by atoms with Gasteiger partial charge in [-0.25, -0.2) is 9.18 Å². The SMILES string of the molecule is NCc1cc(F)c(O)c(C(=O)O)c1. The van der Waals surface area contributed by atoms with E-state index in [2.05, 4.69) is 0 Å². The highest BCUT2D eigenvalue weighted by molar-refractivity contribution is 5.91. The first-order valence-corrected chi connectivity index (χ1v) is 3.51. The van der Waals surface area contributed by atoms with Crippen LogP contribution >= 0.6 is 0 Å². The van der Waals surface area contributed by atoms with E-state index in [4.69, 9.17) is 15.9 Å². The van der Waals surface area contributed by atoms with Crippen molar-refractivity contribution in [3.63, 3.8) is 0 Å². The van der Waals surface area contributed by atoms with Gasteiger partial charge in [-0.15, -0.1) is 0 Å². The van der Waals surface area contributed by atoms with Gasteiger partial charge in [0.05, 0.1) is 0 Å². The second kappa shape index (κ2) is 3.40. The van der Waals surface area contributed by atoms with Crippen LogP contribution in [0.3, 0.4) is 0 Å². The molecule has 1 aromatic rings. The summed E-state index contributed by atoms with van der Waals surface area (Å²) in [5, 5.41) is 17.5. The minimum atomic E-state index is -1.38. The van der Waals surface area contributed by atoms with Crippen LogP contribution in [0, 0.1) is 5.82 Å². The number of aromatic carboxylic acids is 1. The third-order valence-corrected chi connectivity index (χ3v) is 1.59. The maximum Gasteiger partial charge on any atom is 0.339 e. The number of hydrogen-bond acceptors (Lipinski definition) is 3. The minimum absolute atomic E-state index is 0.0253. The van der Waals surface area contributed by atoms with Gasteiger partial charge in [0.15, 0.2) is 11.6 Å². The molecular weight excluding hydrogens is 177 g/mol. The first-order valence-electron chi connectivity index (χ1n) is 3.51. The van der Waals surface area contributed by atoms with Crippen LogP contribution in [0.5, 0.6) is 5.75 Å². The maximum absolute atomic E-state index is 12.8. The lowest BCUT2D eigenvalue weighted by molar-refractivity contribution is 0.0692. The first-order chi connectivity index (χ1) is 6.06. The molecule has 0 amide bonds. The molecule has 0 spiro atoms. The summed E-state index contributed by atoms with van der Waals surface area (Å²) in [6, 6.07) is 2.14. The van der Waals surface area contributed by atoms with Gasteiger partial charge in [0.25, 0.3) is 0 Å². The van der Waals surface area contributed by atoms with Crippen LogP contribution in [0.15, 0.2) is 12.1 Å². The van der Waals surface area contributed by atoms with Gasteiger partial charge in [-0.05, 0) is 17.7 Å². The molecule has 5 heteroatoms. The summed E-state index contributed by atoms with van der Waals surface area (Å²) in [6.45, 7) is 0.0253. The third-order valence-electron chi connectivity index (χ3n) is 1.59. The van der Waals surface area contributed by atoms with E-state index in [9.17, 15) is 9.18 Å². The molecule has 0 aliphatic rings. The summed E-state index contributed by atoms with van der Waals surface area (Å²) in [5.74, 6) is -3.21. The Morgan fingerprint density at radius 1 is 1.54 bits per heavy atom. The number of phenols is 1. The highest BCUT2D eigenvalue weighted by Gasteiger charge is 2.14. The van der Waals surface area contributed by atoms with Crippen molar-refractivity contribution < 1.29 is 19.4 Å². The van der Waals surface area contributed by atoms with Crippen molar-refractivity contribution in [1.29, 1.82) is 0 Å². The Morgan fingerprint density at radius 3 is 2.62 bits per heavy atom. The number of rotatable bonds is 2. The average molecular weight is 185 g/mol. The Morgan fingerprint density at radius 2 is 2.15 bits per heavy atom. The molecule has 1 aromatic carbocycles. The van der Waals surface area contributed by atoms with Crippen LogP contribution in [0.25, 0.3) is 0 Å². The van der Waals surface area contributed by atoms with Gasteiger partial charge in [0.1, 0.15) is 5.56 Å². The van der Waals surface area contributed by atoms with Crippen LogP contribution in [0.4, 0.5) is 4.39 Å². The molecule has 0 aromatic heterocycles. The van der Waals surface area contributed by atoms with E-state index in [0.29, 0.717) is 5.56 Å². The zero-order chi connectivity index (χ0) is 10.0. The van der Waals surface area contributed by atoms with E-state index >= 15 is 0 Å². The molecule has 0 fully saturated rings. The quantitative estimate of drug-likeness (QED) is 0.632. The molecule has 70 valence electrons. The van der Waals surface area contributed by atoms with Crippen LogP contribution in [0.2, 0.25) is 0 Å². The molecule has 0 radical (unpaired) electrons. The van der Waals surface area contributed by atoms with Crippen molar-refractivity contribution >= 4 is 5.97 Å². The van der Waals surface area contributed by atoms with Gasteiger partial charge >= 0.3 is 5.97 Å². The van der Waals surface area contributed by atoms with Crippen LogP contribution < -0.4 is 5.73 Å². The maximum atomic E-state index is 12.8. The van der Waals surface area contributed by atoms with Gasteiger partial charge in [-0.2, -0.15) is 0 Å². The molecular formula is C8H8FNO3. The fourth-order valence-corrected chi connectivity index (χ4v) is 0.936. The van der Waals surface area contributed by atoms with Crippen molar-refractivity contribution in [1.82, 2.24) is 0 Å². The Hall–Kier alpha value is -1.62. The summed E-state index contributed by atoms with van der Waals surface area (Å²) < 4.78 is 12.8. The molecule has 0 aliphatic heterocycles. The zero-order valence-electron chi connectivity index (χ0n) is 6.62.